The number of amides is 1. The molecule has 3 aromatic rings. The first-order valence-electron chi connectivity index (χ1n) is 12.3. The van der Waals surface area contributed by atoms with E-state index >= 15 is 4.39 Å². The number of carbonyl (C=O) groups excluding carboxylic acids is 1. The highest BCUT2D eigenvalue weighted by Crippen LogP contribution is 2.52. The van der Waals surface area contributed by atoms with E-state index in [-0.39, 0.29) is 11.7 Å². The zero-order valence-corrected chi connectivity index (χ0v) is 20.4. The number of carbonyl (C=O) groups is 1. The highest BCUT2D eigenvalue weighted by Gasteiger charge is 2.56. The van der Waals surface area contributed by atoms with Crippen molar-refractivity contribution >= 4 is 28.6 Å². The zero-order chi connectivity index (χ0) is 23.8. The Morgan fingerprint density at radius 3 is 2.66 bits per heavy atom. The van der Waals surface area contributed by atoms with Crippen molar-refractivity contribution in [3.63, 3.8) is 0 Å². The van der Waals surface area contributed by atoms with Gasteiger partial charge in [0.15, 0.2) is 0 Å². The molecule has 2 saturated heterocycles. The molecule has 0 bridgehead atoms. The Labute approximate surface area is 208 Å². The summed E-state index contributed by atoms with van der Waals surface area (Å²) in [5, 5.41) is 1.91. The van der Waals surface area contributed by atoms with E-state index in [9.17, 15) is 4.79 Å². The minimum Gasteiger partial charge on any atom is -0.378 e. The van der Waals surface area contributed by atoms with Crippen LogP contribution in [-0.4, -0.2) is 61.7 Å². The Balaban J connectivity index is 1.17. The van der Waals surface area contributed by atoms with Crippen LogP contribution < -0.4 is 9.80 Å². The maximum Gasteiger partial charge on any atom is 0.268 e. The third kappa shape index (κ3) is 4.70. The van der Waals surface area contributed by atoms with Crippen molar-refractivity contribution in [3.05, 3.63) is 76.5 Å². The Bertz CT molecular complexity index is 1160. The molecule has 182 valence electrons. The summed E-state index contributed by atoms with van der Waals surface area (Å²) in [6, 6.07) is 13.1. The van der Waals surface area contributed by atoms with Crippen molar-refractivity contribution in [1.82, 2.24) is 9.88 Å². The fourth-order valence-corrected chi connectivity index (χ4v) is 6.33. The molecule has 8 heteroatoms. The number of halogens is 1. The van der Waals surface area contributed by atoms with Crippen LogP contribution in [0.5, 0.6) is 0 Å². The molecule has 3 aliphatic rings. The van der Waals surface area contributed by atoms with E-state index in [1.807, 2.05) is 46.8 Å². The molecule has 6 rings (SSSR count). The lowest BCUT2D eigenvalue weighted by Crippen LogP contribution is -2.37. The number of hydrogen-bond donors (Lipinski definition) is 0. The monoisotopic (exact) mass is 492 g/mol. The minimum atomic E-state index is -0.285. The molecule has 0 spiro atoms. The smallest absolute Gasteiger partial charge is 0.268 e. The van der Waals surface area contributed by atoms with Gasteiger partial charge < -0.3 is 14.5 Å². The van der Waals surface area contributed by atoms with Gasteiger partial charge in [0.05, 0.1) is 23.8 Å². The lowest BCUT2D eigenvalue weighted by molar-refractivity contribution is 0.0988. The van der Waals surface area contributed by atoms with E-state index in [0.29, 0.717) is 66.9 Å². The molecule has 2 unspecified atom stereocenters. The molecule has 2 atom stereocenters. The highest BCUT2D eigenvalue weighted by atomic mass is 32.1. The average molecular weight is 493 g/mol. The van der Waals surface area contributed by atoms with Crippen LogP contribution in [-0.2, 0) is 11.3 Å². The first-order valence-corrected chi connectivity index (χ1v) is 13.1. The average Bonchev–Trinajstić information content (AvgIpc) is 3.27. The summed E-state index contributed by atoms with van der Waals surface area (Å²) in [5.41, 5.74) is 2.45. The van der Waals surface area contributed by atoms with E-state index < -0.39 is 0 Å². The van der Waals surface area contributed by atoms with Gasteiger partial charge >= 0.3 is 0 Å². The van der Waals surface area contributed by atoms with Gasteiger partial charge in [-0.1, -0.05) is 12.1 Å². The first-order chi connectivity index (χ1) is 17.2. The quantitative estimate of drug-likeness (QED) is 0.496. The molecule has 1 saturated carbocycles. The summed E-state index contributed by atoms with van der Waals surface area (Å²) in [6.07, 6.45) is 3.73. The second-order valence-electron chi connectivity index (χ2n) is 9.68. The van der Waals surface area contributed by atoms with Crippen LogP contribution >= 0.6 is 11.3 Å². The van der Waals surface area contributed by atoms with Crippen molar-refractivity contribution in [1.29, 1.82) is 0 Å². The fraction of sp³-hybridized carbons (Fsp3) is 0.407. The van der Waals surface area contributed by atoms with Gasteiger partial charge in [0, 0.05) is 57.3 Å². The summed E-state index contributed by atoms with van der Waals surface area (Å²) < 4.78 is 20.6. The molecular weight excluding hydrogens is 463 g/mol. The van der Waals surface area contributed by atoms with Gasteiger partial charge in [-0.15, -0.1) is 11.3 Å². The molecule has 3 fully saturated rings. The van der Waals surface area contributed by atoms with E-state index in [2.05, 4.69) is 16.0 Å². The number of anilines is 2. The number of thiophene rings is 1. The number of pyridine rings is 1. The third-order valence-electron chi connectivity index (χ3n) is 7.54. The van der Waals surface area contributed by atoms with Crippen LogP contribution in [0.15, 0.2) is 60.2 Å². The van der Waals surface area contributed by atoms with Crippen LogP contribution in [0.4, 0.5) is 15.8 Å². The Kier molecular flexibility index (Phi) is 6.26. The topological polar surface area (TPSA) is 48.9 Å². The number of benzene rings is 1. The number of likely N-dealkylation sites (tertiary alicyclic amines) is 1. The van der Waals surface area contributed by atoms with Gasteiger partial charge in [0.25, 0.3) is 5.91 Å². The third-order valence-corrected chi connectivity index (χ3v) is 8.40. The minimum absolute atomic E-state index is 0.0456. The second-order valence-corrected chi connectivity index (χ2v) is 10.6. The van der Waals surface area contributed by atoms with E-state index in [1.54, 1.807) is 11.1 Å². The van der Waals surface area contributed by atoms with Crippen molar-refractivity contribution in [3.8, 4) is 0 Å². The molecule has 1 aliphatic carbocycles. The summed E-state index contributed by atoms with van der Waals surface area (Å²) in [7, 11) is 0. The normalized spacial score (nSPS) is 23.8. The van der Waals surface area contributed by atoms with Gasteiger partial charge in [0.1, 0.15) is 5.82 Å². The number of hydrogen-bond acceptors (Lipinski definition) is 6. The molecule has 2 aliphatic heterocycles. The fourth-order valence-electron chi connectivity index (χ4n) is 5.66. The Morgan fingerprint density at radius 2 is 1.97 bits per heavy atom. The van der Waals surface area contributed by atoms with Crippen LogP contribution in [0.1, 0.15) is 15.2 Å². The number of morpholine rings is 1. The maximum absolute atomic E-state index is 15.2. The first kappa shape index (κ1) is 22.6. The molecule has 1 amide bonds. The van der Waals surface area contributed by atoms with E-state index in [0.717, 1.165) is 19.6 Å². The Morgan fingerprint density at radius 1 is 1.14 bits per heavy atom. The molecule has 4 heterocycles. The molecule has 1 aromatic carbocycles. The Hall–Kier alpha value is -2.81. The summed E-state index contributed by atoms with van der Waals surface area (Å²) in [5.74, 6) is 1.29. The van der Waals surface area contributed by atoms with Crippen LogP contribution in [0.25, 0.3) is 0 Å². The molecule has 2 aromatic heterocycles. The number of aromatic nitrogens is 1. The molecule has 0 radical (unpaired) electrons. The van der Waals surface area contributed by atoms with Gasteiger partial charge in [0.2, 0.25) is 0 Å². The standard InChI is InChI=1S/C27H29FN4O2S/c28-24-13-20(5-6-25(24)31-8-10-34-11-9-31)32(27(33)26-4-2-12-35-26)18-23-21-16-30(17-22(21)23)15-19-3-1-7-29-14-19/h1-7,12-14,21-23H,8-11,15-18H2. The molecule has 35 heavy (non-hydrogen) atoms. The van der Waals surface area contributed by atoms with Crippen molar-refractivity contribution < 1.29 is 13.9 Å². The van der Waals surface area contributed by atoms with Crippen molar-refractivity contribution in [2.45, 2.75) is 6.54 Å². The summed E-state index contributed by atoms with van der Waals surface area (Å²) in [4.78, 5) is 24.7. The van der Waals surface area contributed by atoms with Crippen LogP contribution in [0.2, 0.25) is 0 Å². The van der Waals surface area contributed by atoms with Gasteiger partial charge in [-0.25, -0.2) is 4.39 Å². The largest absolute Gasteiger partial charge is 0.378 e. The lowest BCUT2D eigenvalue weighted by atomic mass is 10.1. The van der Waals surface area contributed by atoms with Gasteiger partial charge in [-0.05, 0) is 59.0 Å². The summed E-state index contributed by atoms with van der Waals surface area (Å²) >= 11 is 1.43. The number of ether oxygens (including phenoxy) is 1. The van der Waals surface area contributed by atoms with Crippen molar-refractivity contribution in [2.75, 3.05) is 55.7 Å². The predicted molar refractivity (Wildman–Crippen MR) is 135 cm³/mol. The summed E-state index contributed by atoms with van der Waals surface area (Å²) in [6.45, 7) is 6.18. The number of nitrogens with zero attached hydrogens (tertiary/aromatic N) is 4. The predicted octanol–water partition coefficient (Wildman–Crippen LogP) is 4.14. The molecular formula is C27H29FN4O2S. The van der Waals surface area contributed by atoms with Gasteiger partial charge in [-0.2, -0.15) is 0 Å². The second kappa shape index (κ2) is 9.68. The van der Waals surface area contributed by atoms with Crippen molar-refractivity contribution in [2.24, 2.45) is 17.8 Å². The molecule has 0 N–H and O–H groups in total. The molecule has 6 nitrogen and oxygen atoms in total. The number of rotatable bonds is 7. The van der Waals surface area contributed by atoms with Crippen LogP contribution in [0.3, 0.4) is 0 Å². The maximum atomic E-state index is 15.2. The van der Waals surface area contributed by atoms with E-state index in [4.69, 9.17) is 4.74 Å². The number of piperidine rings is 1. The highest BCUT2D eigenvalue weighted by molar-refractivity contribution is 7.12. The zero-order valence-electron chi connectivity index (χ0n) is 19.6. The van der Waals surface area contributed by atoms with Crippen LogP contribution in [0, 0.1) is 23.6 Å². The number of fused-ring (bicyclic) bond motifs is 1. The van der Waals surface area contributed by atoms with E-state index in [1.165, 1.54) is 23.0 Å². The SMILES string of the molecule is O=C(c1cccs1)N(CC1C2CN(Cc3cccnc3)CC21)c1ccc(N2CCOCC2)c(F)c1. The van der Waals surface area contributed by atoms with Gasteiger partial charge in [-0.3, -0.25) is 14.7 Å². The lowest BCUT2D eigenvalue weighted by Gasteiger charge is -2.30.